The van der Waals surface area contributed by atoms with E-state index < -0.39 is 11.6 Å². The Hall–Kier alpha value is -0.970. The summed E-state index contributed by atoms with van der Waals surface area (Å²) < 4.78 is 26.8. The third-order valence-electron chi connectivity index (χ3n) is 2.71. The van der Waals surface area contributed by atoms with Crippen molar-refractivity contribution in [2.24, 2.45) is 5.92 Å². The van der Waals surface area contributed by atoms with Crippen LogP contribution in [0.4, 0.5) is 8.78 Å². The molecule has 0 aromatic heterocycles. The van der Waals surface area contributed by atoms with Crippen molar-refractivity contribution in [3.63, 3.8) is 0 Å². The SMILES string of the molecule is CC(C)CC(CBr)NC(=O)Cc1c(F)cccc1F. The van der Waals surface area contributed by atoms with Crippen LogP contribution in [0.25, 0.3) is 0 Å². The Labute approximate surface area is 120 Å². The smallest absolute Gasteiger partial charge is 0.224 e. The van der Waals surface area contributed by atoms with Crippen molar-refractivity contribution in [1.82, 2.24) is 5.32 Å². The Morgan fingerprint density at radius 1 is 1.32 bits per heavy atom. The average Bonchev–Trinajstić information content (AvgIpc) is 2.32. The van der Waals surface area contributed by atoms with Crippen LogP contribution in [0.15, 0.2) is 18.2 Å². The minimum absolute atomic E-state index is 0.0256. The molecule has 0 bridgehead atoms. The van der Waals surface area contributed by atoms with Crippen molar-refractivity contribution in [2.75, 3.05) is 5.33 Å². The van der Waals surface area contributed by atoms with E-state index in [1.54, 1.807) is 0 Å². The molecule has 0 aliphatic carbocycles. The molecule has 1 N–H and O–H groups in total. The van der Waals surface area contributed by atoms with Gasteiger partial charge in [-0.2, -0.15) is 0 Å². The van der Waals surface area contributed by atoms with Crippen molar-refractivity contribution in [3.05, 3.63) is 35.4 Å². The molecule has 1 unspecified atom stereocenters. The molecule has 1 rings (SSSR count). The highest BCUT2D eigenvalue weighted by atomic mass is 79.9. The summed E-state index contributed by atoms with van der Waals surface area (Å²) in [6, 6.07) is 3.57. The first kappa shape index (κ1) is 16.1. The summed E-state index contributed by atoms with van der Waals surface area (Å²) in [7, 11) is 0. The molecule has 5 heteroatoms. The fourth-order valence-corrected chi connectivity index (χ4v) is 2.30. The van der Waals surface area contributed by atoms with E-state index >= 15 is 0 Å². The number of benzene rings is 1. The molecule has 2 nitrogen and oxygen atoms in total. The number of alkyl halides is 1. The highest BCUT2D eigenvalue weighted by molar-refractivity contribution is 9.09. The highest BCUT2D eigenvalue weighted by Gasteiger charge is 2.16. The van der Waals surface area contributed by atoms with Gasteiger partial charge >= 0.3 is 0 Å². The number of carbonyl (C=O) groups excluding carboxylic acids is 1. The molecule has 19 heavy (non-hydrogen) atoms. The van der Waals surface area contributed by atoms with Crippen LogP contribution in [0.1, 0.15) is 25.8 Å². The maximum absolute atomic E-state index is 13.4. The van der Waals surface area contributed by atoms with Gasteiger partial charge in [-0.25, -0.2) is 8.78 Å². The molecule has 0 saturated heterocycles. The zero-order valence-electron chi connectivity index (χ0n) is 11.1. The summed E-state index contributed by atoms with van der Waals surface area (Å²) >= 11 is 3.32. The van der Waals surface area contributed by atoms with Gasteiger partial charge in [0.2, 0.25) is 5.91 Å². The topological polar surface area (TPSA) is 29.1 Å². The average molecular weight is 334 g/mol. The Morgan fingerprint density at radius 2 is 1.89 bits per heavy atom. The predicted molar refractivity (Wildman–Crippen MR) is 75.2 cm³/mol. The molecule has 0 saturated carbocycles. The van der Waals surface area contributed by atoms with E-state index in [1.807, 2.05) is 0 Å². The van der Waals surface area contributed by atoms with Gasteiger partial charge in [0, 0.05) is 16.9 Å². The second kappa shape index (κ2) is 7.58. The molecule has 0 fully saturated rings. The number of nitrogens with one attached hydrogen (secondary N) is 1. The van der Waals surface area contributed by atoms with E-state index in [-0.39, 0.29) is 23.9 Å². The lowest BCUT2D eigenvalue weighted by molar-refractivity contribution is -0.121. The van der Waals surface area contributed by atoms with Gasteiger partial charge in [-0.1, -0.05) is 35.8 Å². The fourth-order valence-electron chi connectivity index (χ4n) is 1.87. The van der Waals surface area contributed by atoms with E-state index in [0.29, 0.717) is 11.2 Å². The molecule has 1 aromatic carbocycles. The van der Waals surface area contributed by atoms with Gasteiger partial charge in [0.15, 0.2) is 0 Å². The number of rotatable bonds is 6. The molecule has 1 amide bonds. The van der Waals surface area contributed by atoms with Gasteiger partial charge in [-0.3, -0.25) is 4.79 Å². The van der Waals surface area contributed by atoms with Crippen LogP contribution in [0, 0.1) is 17.6 Å². The maximum Gasteiger partial charge on any atom is 0.224 e. The summed E-state index contributed by atoms with van der Waals surface area (Å²) in [6.45, 7) is 4.11. The molecule has 0 aliphatic heterocycles. The van der Waals surface area contributed by atoms with Gasteiger partial charge < -0.3 is 5.32 Å². The summed E-state index contributed by atoms with van der Waals surface area (Å²) in [5, 5.41) is 3.40. The lowest BCUT2D eigenvalue weighted by atomic mass is 10.0. The molecule has 106 valence electrons. The largest absolute Gasteiger partial charge is 0.352 e. The molecular weight excluding hydrogens is 316 g/mol. The van der Waals surface area contributed by atoms with Crippen LogP contribution in [-0.2, 0) is 11.2 Å². The zero-order chi connectivity index (χ0) is 14.4. The Kier molecular flexibility index (Phi) is 6.42. The Balaban J connectivity index is 2.64. The minimum atomic E-state index is -0.686. The van der Waals surface area contributed by atoms with Crippen LogP contribution < -0.4 is 5.32 Å². The van der Waals surface area contributed by atoms with E-state index in [1.165, 1.54) is 6.07 Å². The van der Waals surface area contributed by atoms with Crippen molar-refractivity contribution >= 4 is 21.8 Å². The predicted octanol–water partition coefficient (Wildman–Crippen LogP) is 3.43. The van der Waals surface area contributed by atoms with E-state index in [9.17, 15) is 13.6 Å². The molecule has 0 aliphatic rings. The summed E-state index contributed by atoms with van der Waals surface area (Å²) in [4.78, 5) is 11.8. The maximum atomic E-state index is 13.4. The van der Waals surface area contributed by atoms with Gasteiger partial charge in [-0.15, -0.1) is 0 Å². The first-order valence-electron chi connectivity index (χ1n) is 6.22. The second-order valence-corrected chi connectivity index (χ2v) is 5.57. The third kappa shape index (κ3) is 5.27. The molecule has 1 atom stereocenters. The van der Waals surface area contributed by atoms with E-state index in [2.05, 4.69) is 35.1 Å². The minimum Gasteiger partial charge on any atom is -0.352 e. The van der Waals surface area contributed by atoms with E-state index in [4.69, 9.17) is 0 Å². The van der Waals surface area contributed by atoms with Crippen molar-refractivity contribution in [2.45, 2.75) is 32.7 Å². The van der Waals surface area contributed by atoms with Crippen LogP contribution in [0.5, 0.6) is 0 Å². The number of halogens is 3. The lowest BCUT2D eigenvalue weighted by Crippen LogP contribution is -2.38. The van der Waals surface area contributed by atoms with Gasteiger partial charge in [0.25, 0.3) is 0 Å². The first-order chi connectivity index (χ1) is 8.93. The second-order valence-electron chi connectivity index (χ2n) is 4.93. The number of hydrogen-bond donors (Lipinski definition) is 1. The Bertz CT molecular complexity index is 417. The van der Waals surface area contributed by atoms with Crippen molar-refractivity contribution in [3.8, 4) is 0 Å². The fraction of sp³-hybridized carbons (Fsp3) is 0.500. The van der Waals surface area contributed by atoms with Gasteiger partial charge in [0.05, 0.1) is 6.42 Å². The normalized spacial score (nSPS) is 12.5. The monoisotopic (exact) mass is 333 g/mol. The standard InChI is InChI=1S/C14H18BrF2NO/c1-9(2)6-10(8-15)18-14(19)7-11-12(16)4-3-5-13(11)17/h3-5,9-10H,6-8H2,1-2H3,(H,18,19). The van der Waals surface area contributed by atoms with Gasteiger partial charge in [-0.05, 0) is 24.5 Å². The summed E-state index contributed by atoms with van der Waals surface area (Å²) in [6.07, 6.45) is 0.539. The summed E-state index contributed by atoms with van der Waals surface area (Å²) in [5.74, 6) is -1.30. The molecule has 0 radical (unpaired) electrons. The molecule has 1 aromatic rings. The Morgan fingerprint density at radius 3 is 2.37 bits per heavy atom. The van der Waals surface area contributed by atoms with Crippen LogP contribution in [0.3, 0.4) is 0 Å². The van der Waals surface area contributed by atoms with Crippen molar-refractivity contribution in [1.29, 1.82) is 0 Å². The molecular formula is C14H18BrF2NO. The highest BCUT2D eigenvalue weighted by Crippen LogP contribution is 2.13. The quantitative estimate of drug-likeness (QED) is 0.794. The van der Waals surface area contributed by atoms with Crippen LogP contribution >= 0.6 is 15.9 Å². The number of amides is 1. The van der Waals surface area contributed by atoms with Gasteiger partial charge in [0.1, 0.15) is 11.6 Å². The number of hydrogen-bond acceptors (Lipinski definition) is 1. The van der Waals surface area contributed by atoms with Crippen LogP contribution in [-0.4, -0.2) is 17.3 Å². The first-order valence-corrected chi connectivity index (χ1v) is 7.34. The lowest BCUT2D eigenvalue weighted by Gasteiger charge is -2.18. The summed E-state index contributed by atoms with van der Waals surface area (Å²) in [5.41, 5.74) is -0.183. The molecule has 0 spiro atoms. The molecule has 0 heterocycles. The third-order valence-corrected chi connectivity index (χ3v) is 3.49. The van der Waals surface area contributed by atoms with E-state index in [0.717, 1.165) is 18.6 Å². The zero-order valence-corrected chi connectivity index (χ0v) is 12.6. The van der Waals surface area contributed by atoms with Crippen LogP contribution in [0.2, 0.25) is 0 Å². The van der Waals surface area contributed by atoms with Crippen molar-refractivity contribution < 1.29 is 13.6 Å². The number of carbonyl (C=O) groups is 1.